The third-order valence-corrected chi connectivity index (χ3v) is 5.26. The first-order valence-corrected chi connectivity index (χ1v) is 10.5. The summed E-state index contributed by atoms with van der Waals surface area (Å²) >= 11 is 0. The van der Waals surface area contributed by atoms with Crippen molar-refractivity contribution in [2.45, 2.75) is 6.42 Å². The molecule has 5 rings (SSSR count). The molecule has 0 aliphatic rings. The van der Waals surface area contributed by atoms with E-state index in [2.05, 4.69) is 30.1 Å². The molecule has 2 heterocycles. The third-order valence-electron chi connectivity index (χ3n) is 5.26. The third kappa shape index (κ3) is 4.64. The van der Waals surface area contributed by atoms with Gasteiger partial charge in [0.25, 0.3) is 0 Å². The van der Waals surface area contributed by atoms with Gasteiger partial charge in [0.05, 0.1) is 24.5 Å². The Morgan fingerprint density at radius 1 is 1.09 bits per heavy atom. The van der Waals surface area contributed by atoms with Crippen LogP contribution >= 0.6 is 0 Å². The van der Waals surface area contributed by atoms with Crippen molar-refractivity contribution >= 4 is 22.6 Å². The molecule has 1 amide bonds. The predicted octanol–water partition coefficient (Wildman–Crippen LogP) is 4.79. The first-order valence-electron chi connectivity index (χ1n) is 10.5. The number of imidazole rings is 2. The number of hydrogen-bond donors (Lipinski definition) is 1. The van der Waals surface area contributed by atoms with Crippen molar-refractivity contribution in [1.82, 2.24) is 24.4 Å². The number of fused-ring (bicyclic) bond motifs is 1. The summed E-state index contributed by atoms with van der Waals surface area (Å²) in [6, 6.07) is 20.3. The fraction of sp³-hybridized carbons (Fsp3) is 0.0800. The van der Waals surface area contributed by atoms with E-state index < -0.39 is 5.91 Å². The number of carbonyl (C=O) groups excluding carboxylic acids is 1. The van der Waals surface area contributed by atoms with Gasteiger partial charge in [0.1, 0.15) is 11.6 Å². The summed E-state index contributed by atoms with van der Waals surface area (Å²) in [6.45, 7) is 0. The summed E-state index contributed by atoms with van der Waals surface area (Å²) in [7, 11) is 1.65. The largest absolute Gasteiger partial charge is 0.497 e. The summed E-state index contributed by atoms with van der Waals surface area (Å²) in [4.78, 5) is 28.0. The van der Waals surface area contributed by atoms with Crippen molar-refractivity contribution in [3.05, 3.63) is 102 Å². The maximum atomic E-state index is 12.3. The smallest absolute Gasteiger partial charge is 0.360 e. The quantitative estimate of drug-likeness (QED) is 0.296. The van der Waals surface area contributed by atoms with E-state index in [1.165, 1.54) is 0 Å². The van der Waals surface area contributed by atoms with Gasteiger partial charge >= 0.3 is 5.91 Å². The number of aromatic nitrogens is 4. The van der Waals surface area contributed by atoms with Gasteiger partial charge in [0, 0.05) is 30.1 Å². The average molecular weight is 450 g/mol. The molecule has 0 fully saturated rings. The minimum absolute atomic E-state index is 0.426. The normalized spacial score (nSPS) is 10.6. The SMILES string of the molecule is COc1ccc(Cc2nc3ccc(N=[N+]=NC(=O)c4ccc(-n5ccnc5)cc4)cc3[nH]2)cc1. The van der Waals surface area contributed by atoms with Crippen molar-refractivity contribution in [2.24, 2.45) is 10.2 Å². The Kier molecular flexibility index (Phi) is 5.75. The molecule has 5 aromatic rings. The van der Waals surface area contributed by atoms with Crippen LogP contribution in [0.2, 0.25) is 0 Å². The van der Waals surface area contributed by atoms with E-state index in [0.29, 0.717) is 17.7 Å². The lowest BCUT2D eigenvalue weighted by atomic mass is 10.1. The number of nitrogens with zero attached hydrogens (tertiary/aromatic N) is 6. The van der Waals surface area contributed by atoms with Gasteiger partial charge in [-0.25, -0.2) is 9.97 Å². The predicted molar refractivity (Wildman–Crippen MR) is 126 cm³/mol. The van der Waals surface area contributed by atoms with E-state index in [0.717, 1.165) is 33.9 Å². The summed E-state index contributed by atoms with van der Waals surface area (Å²) in [6.07, 6.45) is 5.87. The van der Waals surface area contributed by atoms with Crippen molar-refractivity contribution in [1.29, 1.82) is 0 Å². The molecule has 0 unspecified atom stereocenters. The number of ether oxygens (including phenoxy) is 1. The summed E-state index contributed by atoms with van der Waals surface area (Å²) in [5, 5.41) is 7.76. The molecule has 0 bridgehead atoms. The lowest BCUT2D eigenvalue weighted by molar-refractivity contribution is 0.0992. The highest BCUT2D eigenvalue weighted by Gasteiger charge is 2.11. The molecule has 0 radical (unpaired) electrons. The van der Waals surface area contributed by atoms with Gasteiger partial charge in [-0.2, -0.15) is 0 Å². The summed E-state index contributed by atoms with van der Waals surface area (Å²) < 4.78 is 7.04. The van der Waals surface area contributed by atoms with Gasteiger partial charge in [0.15, 0.2) is 10.8 Å². The zero-order valence-corrected chi connectivity index (χ0v) is 18.3. The van der Waals surface area contributed by atoms with Gasteiger partial charge in [0.2, 0.25) is 10.0 Å². The number of nitrogens with one attached hydrogen (secondary N) is 1. The fourth-order valence-corrected chi connectivity index (χ4v) is 3.49. The number of methoxy groups -OCH3 is 1. The molecule has 166 valence electrons. The van der Waals surface area contributed by atoms with Gasteiger partial charge in [-0.3, -0.25) is 4.79 Å². The molecule has 0 saturated carbocycles. The molecule has 3 aromatic carbocycles. The number of carbonyl (C=O) groups is 1. The molecule has 0 spiro atoms. The highest BCUT2D eigenvalue weighted by atomic mass is 16.5. The lowest BCUT2D eigenvalue weighted by Crippen LogP contribution is -1.96. The van der Waals surface area contributed by atoms with E-state index in [9.17, 15) is 4.79 Å². The van der Waals surface area contributed by atoms with Gasteiger partial charge in [-0.05, 0) is 60.2 Å². The molecule has 34 heavy (non-hydrogen) atoms. The van der Waals surface area contributed by atoms with Crippen LogP contribution in [0, 0.1) is 0 Å². The molecule has 0 saturated heterocycles. The Labute approximate surface area is 194 Å². The average Bonchev–Trinajstić information content (AvgIpc) is 3.54. The summed E-state index contributed by atoms with van der Waals surface area (Å²) in [5.41, 5.74) is 4.68. The van der Waals surface area contributed by atoms with Crippen LogP contribution in [0.3, 0.4) is 0 Å². The number of hydrogen-bond acceptors (Lipinski definition) is 5. The fourth-order valence-electron chi connectivity index (χ4n) is 3.49. The zero-order chi connectivity index (χ0) is 23.3. The molecule has 1 N–H and O–H groups in total. The Bertz CT molecular complexity index is 1500. The standard InChI is InChI=1S/C25H19N7O2/c1-34-21-9-2-17(3-10-21)14-24-27-22-11-6-19(15-23(22)28-24)29-31-30-25(33)18-4-7-20(8-5-18)32-13-12-26-16-32/h2-13,15-16H,14H2,1H3/p+1. The second-order valence-corrected chi connectivity index (χ2v) is 7.52. The van der Waals surface area contributed by atoms with Crippen LogP contribution in [0.1, 0.15) is 21.7 Å². The molecular weight excluding hydrogens is 430 g/mol. The molecule has 0 aliphatic carbocycles. The number of benzene rings is 3. The highest BCUT2D eigenvalue weighted by Crippen LogP contribution is 2.21. The summed E-state index contributed by atoms with van der Waals surface area (Å²) in [5.74, 6) is 1.19. The van der Waals surface area contributed by atoms with E-state index in [1.54, 1.807) is 37.8 Å². The van der Waals surface area contributed by atoms with E-state index >= 15 is 0 Å². The first kappa shape index (κ1) is 21.0. The van der Waals surface area contributed by atoms with E-state index in [4.69, 9.17) is 4.74 Å². The molecule has 0 atom stereocenters. The molecule has 9 nitrogen and oxygen atoms in total. The topological polar surface area (TPSA) is 112 Å². The minimum atomic E-state index is -0.467. The highest BCUT2D eigenvalue weighted by molar-refractivity contribution is 5.94. The van der Waals surface area contributed by atoms with Crippen LogP contribution in [0.15, 0.2) is 95.7 Å². The number of amides is 1. The molecule has 9 heteroatoms. The van der Waals surface area contributed by atoms with Crippen molar-refractivity contribution in [3.63, 3.8) is 0 Å². The van der Waals surface area contributed by atoms with Gasteiger partial charge in [-0.1, -0.05) is 12.1 Å². The number of H-pyrrole nitrogens is 1. The van der Waals surface area contributed by atoms with Crippen molar-refractivity contribution in [3.8, 4) is 11.4 Å². The van der Waals surface area contributed by atoms with E-state index in [1.807, 2.05) is 59.3 Å². The van der Waals surface area contributed by atoms with Crippen LogP contribution in [-0.4, -0.2) is 32.5 Å². The van der Waals surface area contributed by atoms with Crippen LogP contribution in [0.4, 0.5) is 5.69 Å². The Hall–Kier alpha value is -4.88. The maximum absolute atomic E-state index is 12.3. The zero-order valence-electron chi connectivity index (χ0n) is 18.3. The van der Waals surface area contributed by atoms with Crippen LogP contribution < -0.4 is 9.65 Å². The number of rotatable bonds is 6. The van der Waals surface area contributed by atoms with Crippen LogP contribution in [0.5, 0.6) is 5.75 Å². The first-order chi connectivity index (χ1) is 16.7. The minimum Gasteiger partial charge on any atom is -0.497 e. The van der Waals surface area contributed by atoms with E-state index in [-0.39, 0.29) is 0 Å². The molecular formula is C25H20N7O2+. The van der Waals surface area contributed by atoms with Crippen molar-refractivity contribution in [2.75, 3.05) is 7.11 Å². The van der Waals surface area contributed by atoms with Crippen molar-refractivity contribution < 1.29 is 9.53 Å². The maximum Gasteiger partial charge on any atom is 0.360 e. The Morgan fingerprint density at radius 3 is 2.65 bits per heavy atom. The van der Waals surface area contributed by atoms with Crippen LogP contribution in [0.25, 0.3) is 16.7 Å². The lowest BCUT2D eigenvalue weighted by Gasteiger charge is -2.01. The van der Waals surface area contributed by atoms with Gasteiger partial charge < -0.3 is 14.3 Å². The molecule has 2 aromatic heterocycles. The van der Waals surface area contributed by atoms with Crippen LogP contribution in [-0.2, 0) is 6.42 Å². The van der Waals surface area contributed by atoms with Gasteiger partial charge in [-0.15, -0.1) is 0 Å². The number of aromatic amines is 1. The Morgan fingerprint density at radius 2 is 1.91 bits per heavy atom. The molecule has 0 aliphatic heterocycles. The Balaban J connectivity index is 1.28. The second-order valence-electron chi connectivity index (χ2n) is 7.52. The monoisotopic (exact) mass is 450 g/mol. The second kappa shape index (κ2) is 9.32.